The van der Waals surface area contributed by atoms with E-state index in [2.05, 4.69) is 14.7 Å². The Labute approximate surface area is 201 Å². The number of hydrogen-bond donors (Lipinski definition) is 1. The largest absolute Gasteiger partial charge is 0.341 e. The number of likely N-dealkylation sites (tertiary alicyclic amines) is 1. The molecule has 7 nitrogen and oxygen atoms in total. The normalized spacial score (nSPS) is 16.2. The summed E-state index contributed by atoms with van der Waals surface area (Å²) in [6.45, 7) is 0.564. The van der Waals surface area contributed by atoms with Gasteiger partial charge in [0.2, 0.25) is 15.9 Å². The van der Waals surface area contributed by atoms with Gasteiger partial charge in [-0.3, -0.25) is 14.2 Å². The minimum Gasteiger partial charge on any atom is -0.341 e. The number of pyridine rings is 1. The molecule has 1 N–H and O–H groups in total. The molecule has 1 saturated heterocycles. The Kier molecular flexibility index (Phi) is 7.58. The van der Waals surface area contributed by atoms with Crippen LogP contribution in [-0.2, 0) is 21.2 Å². The molecule has 1 aromatic carbocycles. The fourth-order valence-corrected chi connectivity index (χ4v) is 6.62. The van der Waals surface area contributed by atoms with Gasteiger partial charge in [0.1, 0.15) is 10.9 Å². The number of sulfonamides is 1. The second kappa shape index (κ2) is 10.4. The molecule has 3 aromatic rings. The van der Waals surface area contributed by atoms with Gasteiger partial charge in [0.15, 0.2) is 0 Å². The average molecular weight is 511 g/mol. The molecule has 176 valence electrons. The lowest BCUT2D eigenvalue weighted by Gasteiger charge is -2.34. The van der Waals surface area contributed by atoms with Gasteiger partial charge in [-0.1, -0.05) is 23.7 Å². The summed E-state index contributed by atoms with van der Waals surface area (Å²) in [6, 6.07) is 7.93. The van der Waals surface area contributed by atoms with E-state index >= 15 is 0 Å². The SMILES string of the molecule is O=C([C@H](Cc1nc2ccccc2s1)NS(=O)(=O)c1cnccc1Cl)N1CCC(CCF)CC1. The Morgan fingerprint density at radius 2 is 2.03 bits per heavy atom. The highest BCUT2D eigenvalue weighted by molar-refractivity contribution is 7.89. The standard InChI is InChI=1S/C22H24ClFN4O3S2/c23-16-6-10-25-14-20(16)33(30,31)27-18(13-21-26-17-3-1-2-4-19(17)32-21)22(29)28-11-7-15(5-9-24)8-12-28/h1-4,6,10,14-15,18,27H,5,7-9,11-13H2/t18-/m0/s1. The Balaban J connectivity index is 1.59. The number of nitrogens with zero attached hydrogens (tertiary/aromatic N) is 3. The number of piperidine rings is 1. The molecule has 3 heterocycles. The zero-order valence-corrected chi connectivity index (χ0v) is 20.2. The molecule has 1 atom stereocenters. The van der Waals surface area contributed by atoms with E-state index in [9.17, 15) is 17.6 Å². The zero-order chi connectivity index (χ0) is 23.4. The van der Waals surface area contributed by atoms with Gasteiger partial charge in [-0.15, -0.1) is 11.3 Å². The van der Waals surface area contributed by atoms with Crippen LogP contribution >= 0.6 is 22.9 Å². The summed E-state index contributed by atoms with van der Waals surface area (Å²) in [7, 11) is -4.11. The van der Waals surface area contributed by atoms with E-state index < -0.39 is 16.1 Å². The minimum absolute atomic E-state index is 0.0238. The second-order valence-electron chi connectivity index (χ2n) is 8.01. The third-order valence-corrected chi connectivity index (χ3v) is 8.78. The molecule has 0 aliphatic carbocycles. The lowest BCUT2D eigenvalue weighted by atomic mass is 9.93. The van der Waals surface area contributed by atoms with Gasteiger partial charge in [0.05, 0.1) is 26.9 Å². The van der Waals surface area contributed by atoms with Gasteiger partial charge in [-0.05, 0) is 43.4 Å². The first-order valence-corrected chi connectivity index (χ1v) is 13.4. The first-order valence-electron chi connectivity index (χ1n) is 10.7. The van der Waals surface area contributed by atoms with Gasteiger partial charge in [0.25, 0.3) is 0 Å². The fraction of sp³-hybridized carbons (Fsp3) is 0.409. The summed E-state index contributed by atoms with van der Waals surface area (Å²) in [6.07, 6.45) is 4.55. The second-order valence-corrected chi connectivity index (χ2v) is 11.2. The van der Waals surface area contributed by atoms with E-state index in [1.54, 1.807) is 4.90 Å². The summed E-state index contributed by atoms with van der Waals surface area (Å²) in [5, 5.41) is 0.678. The van der Waals surface area contributed by atoms with Gasteiger partial charge < -0.3 is 4.90 Å². The summed E-state index contributed by atoms with van der Waals surface area (Å²) in [4.78, 5) is 23.3. The summed E-state index contributed by atoms with van der Waals surface area (Å²) in [5.74, 6) is -0.0794. The number of aromatic nitrogens is 2. The van der Waals surface area contributed by atoms with Crippen LogP contribution in [0.15, 0.2) is 47.6 Å². The first-order chi connectivity index (χ1) is 15.9. The molecule has 1 amide bonds. The van der Waals surface area contributed by atoms with Crippen molar-refractivity contribution in [1.29, 1.82) is 0 Å². The molecule has 1 aliphatic heterocycles. The number of carbonyl (C=O) groups is 1. The lowest BCUT2D eigenvalue weighted by Crippen LogP contribution is -2.51. The number of fused-ring (bicyclic) bond motifs is 1. The van der Waals surface area contributed by atoms with E-state index in [1.165, 1.54) is 23.6 Å². The molecule has 0 spiro atoms. The molecule has 2 aromatic heterocycles. The number of thiazole rings is 1. The monoisotopic (exact) mass is 510 g/mol. The molecule has 33 heavy (non-hydrogen) atoms. The number of hydrogen-bond acceptors (Lipinski definition) is 6. The first kappa shape index (κ1) is 24.0. The number of halogens is 2. The zero-order valence-electron chi connectivity index (χ0n) is 17.8. The number of para-hydroxylation sites is 1. The number of amides is 1. The quantitative estimate of drug-likeness (QED) is 0.497. The number of alkyl halides is 1. The molecule has 0 bridgehead atoms. The fourth-order valence-electron chi connectivity index (χ4n) is 3.99. The molecule has 1 aliphatic rings. The van der Waals surface area contributed by atoms with Crippen molar-refractivity contribution in [3.05, 3.63) is 52.8 Å². The smallest absolute Gasteiger partial charge is 0.244 e. The summed E-state index contributed by atoms with van der Waals surface area (Å²) >= 11 is 7.51. The van der Waals surface area contributed by atoms with Crippen molar-refractivity contribution in [2.24, 2.45) is 5.92 Å². The average Bonchev–Trinajstić information content (AvgIpc) is 3.21. The van der Waals surface area contributed by atoms with Crippen molar-refractivity contribution in [3.63, 3.8) is 0 Å². The van der Waals surface area contributed by atoms with E-state index in [0.29, 0.717) is 37.4 Å². The van der Waals surface area contributed by atoms with Crippen LogP contribution in [0.2, 0.25) is 5.02 Å². The number of benzene rings is 1. The van der Waals surface area contributed by atoms with Crippen molar-refractivity contribution >= 4 is 49.1 Å². The Hall–Kier alpha value is -2.14. The predicted molar refractivity (Wildman–Crippen MR) is 127 cm³/mol. The Morgan fingerprint density at radius 3 is 2.73 bits per heavy atom. The van der Waals surface area contributed by atoms with Crippen LogP contribution in [0.25, 0.3) is 10.2 Å². The van der Waals surface area contributed by atoms with Gasteiger partial charge >= 0.3 is 0 Å². The maximum atomic E-state index is 13.4. The van der Waals surface area contributed by atoms with Crippen LogP contribution in [0, 0.1) is 5.92 Å². The minimum atomic E-state index is -4.11. The maximum absolute atomic E-state index is 13.4. The lowest BCUT2D eigenvalue weighted by molar-refractivity contribution is -0.134. The van der Waals surface area contributed by atoms with Gasteiger partial charge in [0, 0.05) is 31.9 Å². The molecule has 0 saturated carbocycles. The van der Waals surface area contributed by atoms with Crippen LogP contribution in [-0.4, -0.2) is 55.0 Å². The predicted octanol–water partition coefficient (Wildman–Crippen LogP) is 3.83. The molecule has 11 heteroatoms. The Bertz CT molecular complexity index is 1200. The van der Waals surface area contributed by atoms with Crippen molar-refractivity contribution in [3.8, 4) is 0 Å². The van der Waals surface area contributed by atoms with Gasteiger partial charge in [-0.2, -0.15) is 4.72 Å². The molecular weight excluding hydrogens is 487 g/mol. The highest BCUT2D eigenvalue weighted by Gasteiger charge is 2.33. The molecule has 0 radical (unpaired) electrons. The van der Waals surface area contributed by atoms with Crippen LogP contribution in [0.3, 0.4) is 0 Å². The van der Waals surface area contributed by atoms with Crippen molar-refractivity contribution in [1.82, 2.24) is 19.6 Å². The molecular formula is C22H24ClFN4O3S2. The van der Waals surface area contributed by atoms with Crippen LogP contribution in [0.1, 0.15) is 24.3 Å². The summed E-state index contributed by atoms with van der Waals surface area (Å²) in [5.41, 5.74) is 0.800. The third-order valence-electron chi connectivity index (χ3n) is 5.78. The summed E-state index contributed by atoms with van der Waals surface area (Å²) < 4.78 is 42.4. The van der Waals surface area contributed by atoms with Crippen molar-refractivity contribution < 1.29 is 17.6 Å². The van der Waals surface area contributed by atoms with Crippen molar-refractivity contribution in [2.45, 2.75) is 36.6 Å². The van der Waals surface area contributed by atoms with E-state index in [4.69, 9.17) is 11.6 Å². The van der Waals surface area contributed by atoms with E-state index in [1.807, 2.05) is 24.3 Å². The number of nitrogens with one attached hydrogen (secondary N) is 1. The highest BCUT2D eigenvalue weighted by Crippen LogP contribution is 2.26. The van der Waals surface area contributed by atoms with Crippen molar-refractivity contribution in [2.75, 3.05) is 19.8 Å². The van der Waals surface area contributed by atoms with Crippen LogP contribution in [0.4, 0.5) is 4.39 Å². The number of rotatable bonds is 8. The van der Waals surface area contributed by atoms with E-state index in [-0.39, 0.29) is 34.8 Å². The molecule has 0 unspecified atom stereocenters. The third kappa shape index (κ3) is 5.68. The molecule has 4 rings (SSSR count). The highest BCUT2D eigenvalue weighted by atomic mass is 35.5. The van der Waals surface area contributed by atoms with E-state index in [0.717, 1.165) is 16.4 Å². The van der Waals surface area contributed by atoms with Crippen LogP contribution in [0.5, 0.6) is 0 Å². The number of carbonyl (C=O) groups excluding carboxylic acids is 1. The topological polar surface area (TPSA) is 92.3 Å². The molecule has 1 fully saturated rings. The maximum Gasteiger partial charge on any atom is 0.244 e. The van der Waals surface area contributed by atoms with Gasteiger partial charge in [-0.25, -0.2) is 13.4 Å². The van der Waals surface area contributed by atoms with Crippen LogP contribution < -0.4 is 4.72 Å². The Morgan fingerprint density at radius 1 is 1.27 bits per heavy atom.